The SMILES string of the molecule is NC1CCCC(C(=O)N2CCN(Cc3ccon3)CC2)C1. The molecule has 2 heterocycles. The lowest BCUT2D eigenvalue weighted by Gasteiger charge is -2.37. The molecule has 1 aromatic rings. The largest absolute Gasteiger partial charge is 0.364 e. The zero-order valence-corrected chi connectivity index (χ0v) is 12.4. The fourth-order valence-corrected chi connectivity index (χ4v) is 3.38. The van der Waals surface area contributed by atoms with Crippen molar-refractivity contribution in [1.29, 1.82) is 0 Å². The molecule has 2 atom stereocenters. The Hall–Kier alpha value is -1.40. The fraction of sp³-hybridized carbons (Fsp3) is 0.733. The highest BCUT2D eigenvalue weighted by atomic mass is 16.5. The average Bonchev–Trinajstić information content (AvgIpc) is 3.00. The van der Waals surface area contributed by atoms with Crippen LogP contribution in [-0.2, 0) is 11.3 Å². The van der Waals surface area contributed by atoms with E-state index in [1.807, 2.05) is 11.0 Å². The van der Waals surface area contributed by atoms with Gasteiger partial charge >= 0.3 is 0 Å². The van der Waals surface area contributed by atoms with Gasteiger partial charge in [0.25, 0.3) is 0 Å². The number of rotatable bonds is 3. The van der Waals surface area contributed by atoms with E-state index in [0.29, 0.717) is 5.91 Å². The van der Waals surface area contributed by atoms with Crippen molar-refractivity contribution in [1.82, 2.24) is 15.0 Å². The van der Waals surface area contributed by atoms with Crippen LogP contribution in [0.15, 0.2) is 16.9 Å². The molecule has 1 amide bonds. The number of nitrogens with zero attached hydrogens (tertiary/aromatic N) is 3. The van der Waals surface area contributed by atoms with Gasteiger partial charge in [0.1, 0.15) is 6.26 Å². The Morgan fingerprint density at radius 3 is 2.81 bits per heavy atom. The Labute approximate surface area is 125 Å². The average molecular weight is 292 g/mol. The highest BCUT2D eigenvalue weighted by Crippen LogP contribution is 2.25. The monoisotopic (exact) mass is 292 g/mol. The van der Waals surface area contributed by atoms with Gasteiger partial charge < -0.3 is 15.2 Å². The second-order valence-electron chi connectivity index (χ2n) is 6.22. The molecule has 0 radical (unpaired) electrons. The molecule has 2 aliphatic rings. The number of hydrogen-bond acceptors (Lipinski definition) is 5. The van der Waals surface area contributed by atoms with E-state index < -0.39 is 0 Å². The van der Waals surface area contributed by atoms with Gasteiger partial charge in [0.15, 0.2) is 0 Å². The molecular weight excluding hydrogens is 268 g/mol. The van der Waals surface area contributed by atoms with E-state index in [-0.39, 0.29) is 12.0 Å². The number of nitrogens with two attached hydrogens (primary N) is 1. The summed E-state index contributed by atoms with van der Waals surface area (Å²) in [4.78, 5) is 16.9. The van der Waals surface area contributed by atoms with Crippen LogP contribution in [0.4, 0.5) is 0 Å². The molecule has 1 aliphatic heterocycles. The third-order valence-electron chi connectivity index (χ3n) is 4.62. The predicted octanol–water partition coefficient (Wildman–Crippen LogP) is 0.836. The minimum absolute atomic E-state index is 0.149. The van der Waals surface area contributed by atoms with Crippen LogP contribution in [0.2, 0.25) is 0 Å². The highest BCUT2D eigenvalue weighted by Gasteiger charge is 2.30. The summed E-state index contributed by atoms with van der Waals surface area (Å²) >= 11 is 0. The maximum absolute atomic E-state index is 12.5. The predicted molar refractivity (Wildman–Crippen MR) is 78.3 cm³/mol. The first kappa shape index (κ1) is 14.5. The summed E-state index contributed by atoms with van der Waals surface area (Å²) in [7, 11) is 0. The lowest BCUT2D eigenvalue weighted by Crippen LogP contribution is -2.51. The quantitative estimate of drug-likeness (QED) is 0.893. The number of carbonyl (C=O) groups is 1. The second-order valence-corrected chi connectivity index (χ2v) is 6.22. The van der Waals surface area contributed by atoms with Gasteiger partial charge in [0.05, 0.1) is 5.69 Å². The van der Waals surface area contributed by atoms with Crippen LogP contribution in [0.3, 0.4) is 0 Å². The third kappa shape index (κ3) is 3.63. The van der Waals surface area contributed by atoms with Crippen LogP contribution in [0.25, 0.3) is 0 Å². The molecule has 6 nitrogen and oxygen atoms in total. The van der Waals surface area contributed by atoms with E-state index in [1.165, 1.54) is 0 Å². The van der Waals surface area contributed by atoms with E-state index >= 15 is 0 Å². The molecule has 0 aromatic carbocycles. The van der Waals surface area contributed by atoms with Gasteiger partial charge in [-0.15, -0.1) is 0 Å². The number of hydrogen-bond donors (Lipinski definition) is 1. The Balaban J connectivity index is 1.47. The van der Waals surface area contributed by atoms with Crippen LogP contribution in [0.5, 0.6) is 0 Å². The molecule has 2 N–H and O–H groups in total. The van der Waals surface area contributed by atoms with Crippen molar-refractivity contribution in [2.75, 3.05) is 26.2 Å². The van der Waals surface area contributed by atoms with E-state index in [4.69, 9.17) is 10.3 Å². The summed E-state index contributed by atoms with van der Waals surface area (Å²) in [6, 6.07) is 2.10. The Morgan fingerprint density at radius 2 is 2.14 bits per heavy atom. The van der Waals surface area contributed by atoms with E-state index in [9.17, 15) is 4.79 Å². The first-order valence-corrected chi connectivity index (χ1v) is 7.88. The first-order chi connectivity index (χ1) is 10.2. The molecule has 1 saturated heterocycles. The number of piperazine rings is 1. The molecule has 0 spiro atoms. The van der Waals surface area contributed by atoms with Crippen molar-refractivity contribution in [3.8, 4) is 0 Å². The minimum atomic E-state index is 0.149. The lowest BCUT2D eigenvalue weighted by molar-refractivity contribution is -0.138. The van der Waals surface area contributed by atoms with Crippen LogP contribution in [-0.4, -0.2) is 53.1 Å². The standard InChI is InChI=1S/C15H24N4O2/c16-13-3-1-2-12(10-13)15(20)19-7-5-18(6-8-19)11-14-4-9-21-17-14/h4,9,12-13H,1-3,5-8,10-11,16H2. The minimum Gasteiger partial charge on any atom is -0.364 e. The van der Waals surface area contributed by atoms with Crippen LogP contribution in [0.1, 0.15) is 31.4 Å². The molecule has 6 heteroatoms. The molecular formula is C15H24N4O2. The topological polar surface area (TPSA) is 75.6 Å². The molecule has 3 rings (SSSR count). The summed E-state index contributed by atoms with van der Waals surface area (Å²) in [5.41, 5.74) is 6.95. The van der Waals surface area contributed by atoms with Gasteiger partial charge in [-0.25, -0.2) is 0 Å². The summed E-state index contributed by atoms with van der Waals surface area (Å²) in [6.07, 6.45) is 5.62. The molecule has 116 valence electrons. The van der Waals surface area contributed by atoms with Crippen molar-refractivity contribution in [2.45, 2.75) is 38.3 Å². The van der Waals surface area contributed by atoms with E-state index in [1.54, 1.807) is 6.26 Å². The molecule has 1 aliphatic carbocycles. The van der Waals surface area contributed by atoms with Gasteiger partial charge in [0, 0.05) is 50.7 Å². The summed E-state index contributed by atoms with van der Waals surface area (Å²) in [5.74, 6) is 0.460. The van der Waals surface area contributed by atoms with Crippen LogP contribution < -0.4 is 5.73 Å². The fourth-order valence-electron chi connectivity index (χ4n) is 3.38. The van der Waals surface area contributed by atoms with Gasteiger partial charge in [-0.2, -0.15) is 0 Å². The number of aromatic nitrogens is 1. The van der Waals surface area contributed by atoms with Crippen molar-refractivity contribution in [3.05, 3.63) is 18.0 Å². The number of carbonyl (C=O) groups excluding carboxylic acids is 1. The maximum Gasteiger partial charge on any atom is 0.225 e. The molecule has 21 heavy (non-hydrogen) atoms. The normalized spacial score (nSPS) is 27.8. The van der Waals surface area contributed by atoms with E-state index in [0.717, 1.165) is 64.1 Å². The van der Waals surface area contributed by atoms with Crippen molar-refractivity contribution in [2.24, 2.45) is 11.7 Å². The molecule has 2 unspecified atom stereocenters. The van der Waals surface area contributed by atoms with Gasteiger partial charge in [-0.1, -0.05) is 11.6 Å². The van der Waals surface area contributed by atoms with Crippen LogP contribution >= 0.6 is 0 Å². The molecule has 1 aromatic heterocycles. The lowest BCUT2D eigenvalue weighted by atomic mass is 9.85. The zero-order chi connectivity index (χ0) is 14.7. The Morgan fingerprint density at radius 1 is 1.33 bits per heavy atom. The first-order valence-electron chi connectivity index (χ1n) is 7.88. The van der Waals surface area contributed by atoms with Gasteiger partial charge in [-0.3, -0.25) is 9.69 Å². The summed E-state index contributed by atoms with van der Waals surface area (Å²) in [5, 5.41) is 3.94. The summed E-state index contributed by atoms with van der Waals surface area (Å²) < 4.78 is 4.85. The smallest absolute Gasteiger partial charge is 0.225 e. The van der Waals surface area contributed by atoms with Crippen molar-refractivity contribution in [3.63, 3.8) is 0 Å². The third-order valence-corrected chi connectivity index (χ3v) is 4.62. The van der Waals surface area contributed by atoms with E-state index in [2.05, 4.69) is 10.1 Å². The summed E-state index contributed by atoms with van der Waals surface area (Å²) in [6.45, 7) is 4.21. The van der Waals surface area contributed by atoms with Gasteiger partial charge in [0.2, 0.25) is 5.91 Å². The number of amides is 1. The molecule has 2 fully saturated rings. The second kappa shape index (κ2) is 6.58. The molecule has 0 bridgehead atoms. The van der Waals surface area contributed by atoms with Gasteiger partial charge in [-0.05, 0) is 19.3 Å². The van der Waals surface area contributed by atoms with Crippen molar-refractivity contribution >= 4 is 5.91 Å². The highest BCUT2D eigenvalue weighted by molar-refractivity contribution is 5.79. The Kier molecular flexibility index (Phi) is 4.55. The Bertz CT molecular complexity index is 454. The zero-order valence-electron chi connectivity index (χ0n) is 12.4. The van der Waals surface area contributed by atoms with Crippen molar-refractivity contribution < 1.29 is 9.32 Å². The maximum atomic E-state index is 12.5. The molecule has 1 saturated carbocycles. The van der Waals surface area contributed by atoms with Crippen LogP contribution in [0, 0.1) is 5.92 Å².